The molecule has 6 heteroatoms. The van der Waals surface area contributed by atoms with Crippen LogP contribution in [0.25, 0.3) is 33.0 Å². The molecule has 57 heavy (non-hydrogen) atoms. The van der Waals surface area contributed by atoms with Gasteiger partial charge in [0.05, 0.1) is 43.6 Å². The summed E-state index contributed by atoms with van der Waals surface area (Å²) in [7, 11) is 0. The molecule has 6 rings (SSSR count). The van der Waals surface area contributed by atoms with Gasteiger partial charge in [0.2, 0.25) is 0 Å². The number of ether oxygens (including phenoxy) is 4. The molecule has 0 aliphatic carbocycles. The van der Waals surface area contributed by atoms with Crippen LogP contribution in [-0.2, 0) is 4.74 Å². The van der Waals surface area contributed by atoms with Crippen molar-refractivity contribution in [3.63, 3.8) is 0 Å². The summed E-state index contributed by atoms with van der Waals surface area (Å²) in [4.78, 5) is 12.6. The zero-order valence-corrected chi connectivity index (χ0v) is 32.9. The minimum absolute atomic E-state index is 0.267. The van der Waals surface area contributed by atoms with E-state index in [2.05, 4.69) is 42.5 Å². The number of rotatable bonds is 23. The number of nitrogens with zero attached hydrogens (tertiary/aromatic N) is 1. The van der Waals surface area contributed by atoms with Crippen LogP contribution < -0.4 is 14.2 Å². The number of benzene rings is 6. The summed E-state index contributed by atoms with van der Waals surface area (Å²) in [5, 5.41) is 11.4. The van der Waals surface area contributed by atoms with Gasteiger partial charge in [-0.15, -0.1) is 0 Å². The maximum absolute atomic E-state index is 12.6. The van der Waals surface area contributed by atoms with E-state index in [-0.39, 0.29) is 5.97 Å². The Morgan fingerprint density at radius 3 is 1.35 bits per heavy atom. The molecular weight excluding hydrogens is 707 g/mol. The number of carbonyl (C=O) groups excluding carboxylic acids is 1. The second-order valence-electron chi connectivity index (χ2n) is 14.4. The maximum Gasteiger partial charge on any atom is 0.338 e. The summed E-state index contributed by atoms with van der Waals surface area (Å²) in [5.74, 6) is 2.37. The van der Waals surface area contributed by atoms with Crippen LogP contribution >= 0.6 is 0 Å². The van der Waals surface area contributed by atoms with Crippen molar-refractivity contribution in [2.75, 3.05) is 26.4 Å². The first-order chi connectivity index (χ1) is 28.1. The first-order valence-corrected chi connectivity index (χ1v) is 20.5. The number of unbranched alkanes of at least 4 members (excludes halogenated alkanes) is 9. The van der Waals surface area contributed by atoms with Gasteiger partial charge in [0.1, 0.15) is 17.2 Å². The van der Waals surface area contributed by atoms with Gasteiger partial charge >= 0.3 is 5.97 Å². The SMILES string of the molecule is N#Cc1ccc(-c2ccc(OCCCCCCCCCCCOC(=O)c3ccc(-c4ccc(OCCCCOc5ccc6ccccc6c5)cc4)cc3)cc2)cc1. The largest absolute Gasteiger partial charge is 0.494 e. The van der Waals surface area contributed by atoms with Gasteiger partial charge in [-0.2, -0.15) is 5.26 Å². The van der Waals surface area contributed by atoms with E-state index in [0.29, 0.717) is 30.9 Å². The third kappa shape index (κ3) is 13.3. The highest BCUT2D eigenvalue weighted by Gasteiger charge is 2.08. The van der Waals surface area contributed by atoms with E-state index >= 15 is 0 Å². The minimum atomic E-state index is -0.267. The third-order valence-corrected chi connectivity index (χ3v) is 10.1. The van der Waals surface area contributed by atoms with E-state index in [1.807, 2.05) is 103 Å². The fraction of sp³-hybridized carbons (Fsp3) is 0.294. The summed E-state index contributed by atoms with van der Waals surface area (Å²) in [6.07, 6.45) is 12.1. The Labute approximate surface area is 338 Å². The van der Waals surface area contributed by atoms with E-state index < -0.39 is 0 Å². The Morgan fingerprint density at radius 2 is 0.825 bits per heavy atom. The molecule has 0 aliphatic rings. The Morgan fingerprint density at radius 1 is 0.421 bits per heavy atom. The Bertz CT molecular complexity index is 2140. The second kappa shape index (κ2) is 22.5. The molecule has 0 fully saturated rings. The first kappa shape index (κ1) is 40.6. The fourth-order valence-electron chi connectivity index (χ4n) is 6.74. The number of carbonyl (C=O) groups is 1. The third-order valence-electron chi connectivity index (χ3n) is 10.1. The minimum Gasteiger partial charge on any atom is -0.494 e. The normalized spacial score (nSPS) is 10.9. The standard InChI is InChI=1S/C51H53NO5/c52-39-40-16-18-42(19-17-40)44-24-29-48(30-25-44)54-34-10-6-4-2-1-3-5-7-11-37-57-51(53)46-22-20-43(21-23-46)45-26-31-49(32-27-45)55-35-12-13-36-56-50-33-28-41-14-8-9-15-47(41)38-50/h8-9,14-33,38H,1-7,10-13,34-37H2. The fourth-order valence-corrected chi connectivity index (χ4v) is 6.74. The lowest BCUT2D eigenvalue weighted by molar-refractivity contribution is 0.0497. The summed E-state index contributed by atoms with van der Waals surface area (Å²) in [6.45, 7) is 2.48. The van der Waals surface area contributed by atoms with Gasteiger partial charge in [0, 0.05) is 0 Å². The average molecular weight is 760 g/mol. The maximum atomic E-state index is 12.6. The van der Waals surface area contributed by atoms with Gasteiger partial charge in [0.25, 0.3) is 0 Å². The number of fused-ring (bicyclic) bond motifs is 1. The molecule has 0 unspecified atom stereocenters. The predicted molar refractivity (Wildman–Crippen MR) is 230 cm³/mol. The van der Waals surface area contributed by atoms with Crippen LogP contribution in [0.15, 0.2) is 140 Å². The van der Waals surface area contributed by atoms with Gasteiger partial charge < -0.3 is 18.9 Å². The van der Waals surface area contributed by atoms with E-state index in [4.69, 9.17) is 24.2 Å². The quantitative estimate of drug-likeness (QED) is 0.0478. The van der Waals surface area contributed by atoms with Crippen LogP contribution in [0.2, 0.25) is 0 Å². The molecule has 0 bridgehead atoms. The topological polar surface area (TPSA) is 77.8 Å². The van der Waals surface area contributed by atoms with Crippen LogP contribution in [0, 0.1) is 11.3 Å². The van der Waals surface area contributed by atoms with Crippen LogP contribution in [0.4, 0.5) is 0 Å². The van der Waals surface area contributed by atoms with Crippen LogP contribution in [0.1, 0.15) is 86.6 Å². The molecule has 0 N–H and O–H groups in total. The Kier molecular flexibility index (Phi) is 16.0. The molecule has 0 saturated carbocycles. The molecule has 6 aromatic carbocycles. The molecule has 0 saturated heterocycles. The van der Waals surface area contributed by atoms with Crippen molar-refractivity contribution in [3.8, 4) is 45.6 Å². The van der Waals surface area contributed by atoms with Gasteiger partial charge in [0.15, 0.2) is 0 Å². The predicted octanol–water partition coefficient (Wildman–Crippen LogP) is 13.0. The summed E-state index contributed by atoms with van der Waals surface area (Å²) in [6, 6.07) is 48.1. The monoisotopic (exact) mass is 759 g/mol. The molecule has 6 aromatic rings. The van der Waals surface area contributed by atoms with Crippen molar-refractivity contribution in [2.24, 2.45) is 0 Å². The van der Waals surface area contributed by atoms with Gasteiger partial charge in [-0.3, -0.25) is 0 Å². The van der Waals surface area contributed by atoms with Crippen molar-refractivity contribution >= 4 is 16.7 Å². The van der Waals surface area contributed by atoms with E-state index in [0.717, 1.165) is 78.2 Å². The van der Waals surface area contributed by atoms with Crippen LogP contribution in [-0.4, -0.2) is 32.4 Å². The van der Waals surface area contributed by atoms with Crippen LogP contribution in [0.5, 0.6) is 17.2 Å². The zero-order chi connectivity index (χ0) is 39.3. The summed E-state index contributed by atoms with van der Waals surface area (Å²) in [5.41, 5.74) is 5.56. The van der Waals surface area contributed by atoms with E-state index in [1.54, 1.807) is 0 Å². The van der Waals surface area contributed by atoms with Crippen molar-refractivity contribution in [3.05, 3.63) is 151 Å². The van der Waals surface area contributed by atoms with E-state index in [9.17, 15) is 4.79 Å². The smallest absolute Gasteiger partial charge is 0.338 e. The summed E-state index contributed by atoms with van der Waals surface area (Å²) < 4.78 is 23.4. The highest BCUT2D eigenvalue weighted by Crippen LogP contribution is 2.25. The zero-order valence-electron chi connectivity index (χ0n) is 32.9. The van der Waals surface area contributed by atoms with Gasteiger partial charge in [-0.05, 0) is 119 Å². The molecule has 0 radical (unpaired) electrons. The Balaban J connectivity index is 0.748. The second-order valence-corrected chi connectivity index (χ2v) is 14.4. The lowest BCUT2D eigenvalue weighted by atomic mass is 10.0. The number of nitriles is 1. The molecular formula is C51H53NO5. The molecule has 0 heterocycles. The van der Waals surface area contributed by atoms with Crippen LogP contribution in [0.3, 0.4) is 0 Å². The Hall–Kier alpha value is -6.06. The van der Waals surface area contributed by atoms with Crippen molar-refractivity contribution in [1.82, 2.24) is 0 Å². The number of hydrogen-bond acceptors (Lipinski definition) is 6. The lowest BCUT2D eigenvalue weighted by Gasteiger charge is -2.09. The van der Waals surface area contributed by atoms with Crippen molar-refractivity contribution in [1.29, 1.82) is 5.26 Å². The van der Waals surface area contributed by atoms with Crippen molar-refractivity contribution < 1.29 is 23.7 Å². The number of hydrogen-bond donors (Lipinski definition) is 0. The molecule has 0 amide bonds. The average Bonchev–Trinajstić information content (AvgIpc) is 3.27. The summed E-state index contributed by atoms with van der Waals surface area (Å²) >= 11 is 0. The molecule has 0 aromatic heterocycles. The first-order valence-electron chi connectivity index (χ1n) is 20.5. The van der Waals surface area contributed by atoms with Gasteiger partial charge in [-0.25, -0.2) is 4.79 Å². The molecule has 0 aliphatic heterocycles. The highest BCUT2D eigenvalue weighted by atomic mass is 16.5. The highest BCUT2D eigenvalue weighted by molar-refractivity contribution is 5.90. The molecule has 6 nitrogen and oxygen atoms in total. The lowest BCUT2D eigenvalue weighted by Crippen LogP contribution is -2.06. The van der Waals surface area contributed by atoms with Gasteiger partial charge in [-0.1, -0.05) is 124 Å². The van der Waals surface area contributed by atoms with E-state index in [1.165, 1.54) is 49.3 Å². The van der Waals surface area contributed by atoms with Crippen molar-refractivity contribution in [2.45, 2.75) is 70.6 Å². The molecule has 292 valence electrons. The number of esters is 1. The molecule has 0 atom stereocenters. The molecule has 0 spiro atoms.